The molecule has 2 heterocycles. The lowest BCUT2D eigenvalue weighted by Gasteiger charge is -2.34. The highest BCUT2D eigenvalue weighted by Gasteiger charge is 2.32. The molecule has 6 nitrogen and oxygen atoms in total. The molecule has 2 aromatic carbocycles. The summed E-state index contributed by atoms with van der Waals surface area (Å²) in [5, 5.41) is 10.0. The van der Waals surface area contributed by atoms with Crippen LogP contribution in [0.1, 0.15) is 27.0 Å². The Morgan fingerprint density at radius 2 is 1.61 bits per heavy atom. The van der Waals surface area contributed by atoms with Gasteiger partial charge in [-0.2, -0.15) is 13.2 Å². The van der Waals surface area contributed by atoms with Gasteiger partial charge in [-0.3, -0.25) is 14.5 Å². The number of aromatic nitrogens is 1. The molecule has 192 valence electrons. The summed E-state index contributed by atoms with van der Waals surface area (Å²) >= 11 is 13.4. The highest BCUT2D eigenvalue weighted by molar-refractivity contribution is 6.41. The van der Waals surface area contributed by atoms with Gasteiger partial charge in [0.15, 0.2) is 0 Å². The molecular weight excluding hydrogens is 518 g/mol. The van der Waals surface area contributed by atoms with Crippen molar-refractivity contribution >= 4 is 46.0 Å². The number of carbonyl (C=O) groups excluding carboxylic acids is 1. The van der Waals surface area contributed by atoms with E-state index in [0.29, 0.717) is 64.5 Å². The maximum Gasteiger partial charge on any atom is 0.416 e. The van der Waals surface area contributed by atoms with Crippen molar-refractivity contribution in [2.75, 3.05) is 32.7 Å². The van der Waals surface area contributed by atoms with Crippen molar-refractivity contribution in [3.8, 4) is 11.3 Å². The van der Waals surface area contributed by atoms with Crippen LogP contribution in [0.3, 0.4) is 0 Å². The van der Waals surface area contributed by atoms with Crippen molar-refractivity contribution in [1.82, 2.24) is 14.4 Å². The SMILES string of the molecule is Cc1cc(C(=O)N2CCN(CC(=O)O)CC2)c(Cl)c(-c2cc3c(C)cc(C(F)(F)F)cc3n2C)c1Cl. The number of aliphatic carboxylic acids is 1. The fraction of sp³-hybridized carbons (Fsp3) is 0.360. The molecule has 0 aliphatic carbocycles. The second-order valence-corrected chi connectivity index (χ2v) is 9.77. The molecule has 0 bridgehead atoms. The summed E-state index contributed by atoms with van der Waals surface area (Å²) in [6, 6.07) is 5.53. The zero-order valence-electron chi connectivity index (χ0n) is 19.8. The van der Waals surface area contributed by atoms with Crippen LogP contribution in [0.4, 0.5) is 13.2 Å². The first-order chi connectivity index (χ1) is 16.8. The van der Waals surface area contributed by atoms with Gasteiger partial charge in [0, 0.05) is 49.7 Å². The number of alkyl halides is 3. The Labute approximate surface area is 215 Å². The largest absolute Gasteiger partial charge is 0.480 e. The minimum Gasteiger partial charge on any atom is -0.480 e. The van der Waals surface area contributed by atoms with Crippen molar-refractivity contribution in [3.05, 3.63) is 56.6 Å². The summed E-state index contributed by atoms with van der Waals surface area (Å²) < 4.78 is 41.9. The van der Waals surface area contributed by atoms with E-state index in [-0.39, 0.29) is 23.0 Å². The molecule has 1 amide bonds. The first kappa shape index (κ1) is 26.3. The molecule has 0 unspecified atom stereocenters. The maximum atomic E-state index is 13.4. The third kappa shape index (κ3) is 4.79. The molecule has 1 N–H and O–H groups in total. The summed E-state index contributed by atoms with van der Waals surface area (Å²) in [6.45, 7) is 4.76. The van der Waals surface area contributed by atoms with Gasteiger partial charge in [0.05, 0.1) is 33.4 Å². The number of carboxylic acids is 1. The van der Waals surface area contributed by atoms with Crippen molar-refractivity contribution in [1.29, 1.82) is 0 Å². The van der Waals surface area contributed by atoms with Gasteiger partial charge < -0.3 is 14.6 Å². The van der Waals surface area contributed by atoms with E-state index in [2.05, 4.69) is 0 Å². The maximum absolute atomic E-state index is 13.4. The number of fused-ring (bicyclic) bond motifs is 1. The second kappa shape index (κ2) is 9.61. The number of hydrogen-bond donors (Lipinski definition) is 1. The molecule has 0 atom stereocenters. The van der Waals surface area contributed by atoms with Crippen LogP contribution >= 0.6 is 23.2 Å². The zero-order chi connectivity index (χ0) is 26.5. The van der Waals surface area contributed by atoms with Gasteiger partial charge in [-0.05, 0) is 49.2 Å². The summed E-state index contributed by atoms with van der Waals surface area (Å²) in [6.07, 6.45) is -4.49. The van der Waals surface area contributed by atoms with Crippen LogP contribution in [-0.4, -0.2) is 64.1 Å². The lowest BCUT2D eigenvalue weighted by atomic mass is 10.0. The van der Waals surface area contributed by atoms with Crippen LogP contribution in [0.25, 0.3) is 22.2 Å². The van der Waals surface area contributed by atoms with Crippen LogP contribution < -0.4 is 0 Å². The van der Waals surface area contributed by atoms with E-state index in [0.717, 1.165) is 12.1 Å². The van der Waals surface area contributed by atoms with E-state index in [1.165, 1.54) is 0 Å². The Morgan fingerprint density at radius 1 is 0.972 bits per heavy atom. The van der Waals surface area contributed by atoms with Crippen molar-refractivity contribution in [2.45, 2.75) is 20.0 Å². The highest BCUT2D eigenvalue weighted by atomic mass is 35.5. The molecule has 11 heteroatoms. The Morgan fingerprint density at radius 3 is 2.19 bits per heavy atom. The van der Waals surface area contributed by atoms with Crippen LogP contribution in [0.2, 0.25) is 10.0 Å². The number of benzene rings is 2. The molecule has 4 rings (SSSR count). The molecule has 3 aromatic rings. The molecule has 1 aliphatic rings. The molecule has 0 spiro atoms. The first-order valence-corrected chi connectivity index (χ1v) is 11.9. The third-order valence-corrected chi connectivity index (χ3v) is 7.46. The minimum atomic E-state index is -4.49. The van der Waals surface area contributed by atoms with Gasteiger partial charge in [0.1, 0.15) is 0 Å². The molecule has 1 aromatic heterocycles. The lowest BCUT2D eigenvalue weighted by Crippen LogP contribution is -2.50. The minimum absolute atomic E-state index is 0.0937. The van der Waals surface area contributed by atoms with E-state index >= 15 is 0 Å². The number of aryl methyl sites for hydroxylation is 3. The predicted octanol–water partition coefficient (Wildman–Crippen LogP) is 5.63. The van der Waals surface area contributed by atoms with Gasteiger partial charge in [0.25, 0.3) is 5.91 Å². The number of piperazine rings is 1. The molecule has 0 radical (unpaired) electrons. The van der Waals surface area contributed by atoms with Gasteiger partial charge in [-0.25, -0.2) is 0 Å². The van der Waals surface area contributed by atoms with Crippen molar-refractivity contribution in [3.63, 3.8) is 0 Å². The zero-order valence-corrected chi connectivity index (χ0v) is 21.4. The third-order valence-electron chi connectivity index (χ3n) is 6.58. The van der Waals surface area contributed by atoms with E-state index < -0.39 is 17.7 Å². The number of carbonyl (C=O) groups is 2. The molecular formula is C25H24Cl2F3N3O3. The average molecular weight is 542 g/mol. The quantitative estimate of drug-likeness (QED) is 0.464. The van der Waals surface area contributed by atoms with Crippen LogP contribution in [0.15, 0.2) is 24.3 Å². The summed E-state index contributed by atoms with van der Waals surface area (Å²) in [5.41, 5.74) is 1.77. The Balaban J connectivity index is 1.77. The predicted molar refractivity (Wildman–Crippen MR) is 133 cm³/mol. The summed E-state index contributed by atoms with van der Waals surface area (Å²) in [7, 11) is 1.63. The number of nitrogens with zero attached hydrogens (tertiary/aromatic N) is 3. The first-order valence-electron chi connectivity index (χ1n) is 11.2. The Hall–Kier alpha value is -2.75. The highest BCUT2D eigenvalue weighted by Crippen LogP contribution is 2.43. The van der Waals surface area contributed by atoms with E-state index in [9.17, 15) is 22.8 Å². The standard InChI is InChI=1S/C25H24Cl2F3N3O3/c1-13-8-15(25(28,29)30)10-18-16(13)11-19(31(18)3)21-22(26)14(2)9-17(23(21)27)24(36)33-6-4-32(5-7-33)12-20(34)35/h8-11H,4-7,12H2,1-3H3,(H,34,35). The summed E-state index contributed by atoms with van der Waals surface area (Å²) in [4.78, 5) is 27.7. The molecule has 1 saturated heterocycles. The van der Waals surface area contributed by atoms with E-state index in [1.54, 1.807) is 47.4 Å². The number of amides is 1. The van der Waals surface area contributed by atoms with Crippen molar-refractivity contribution < 1.29 is 27.9 Å². The normalized spacial score (nSPS) is 15.1. The number of halogens is 5. The Bertz CT molecular complexity index is 1380. The fourth-order valence-electron chi connectivity index (χ4n) is 4.63. The summed E-state index contributed by atoms with van der Waals surface area (Å²) in [5.74, 6) is -1.24. The van der Waals surface area contributed by atoms with Gasteiger partial charge in [0.2, 0.25) is 0 Å². The van der Waals surface area contributed by atoms with Crippen molar-refractivity contribution in [2.24, 2.45) is 7.05 Å². The number of rotatable bonds is 4. The molecule has 36 heavy (non-hydrogen) atoms. The average Bonchev–Trinajstić information content (AvgIpc) is 3.12. The van der Waals surface area contributed by atoms with Gasteiger partial charge >= 0.3 is 12.1 Å². The van der Waals surface area contributed by atoms with Crippen LogP contribution in [-0.2, 0) is 18.0 Å². The smallest absolute Gasteiger partial charge is 0.416 e. The van der Waals surface area contributed by atoms with E-state index in [4.69, 9.17) is 28.3 Å². The lowest BCUT2D eigenvalue weighted by molar-refractivity contribution is -0.139. The van der Waals surface area contributed by atoms with Crippen LogP contribution in [0.5, 0.6) is 0 Å². The molecule has 0 saturated carbocycles. The molecule has 1 aliphatic heterocycles. The topological polar surface area (TPSA) is 65.8 Å². The fourth-order valence-corrected chi connectivity index (χ4v) is 5.26. The monoisotopic (exact) mass is 541 g/mol. The molecule has 1 fully saturated rings. The Kier molecular flexibility index (Phi) is 7.02. The number of carboxylic acid groups (broad SMARTS) is 1. The van der Waals surface area contributed by atoms with Gasteiger partial charge in [-0.1, -0.05) is 23.2 Å². The second-order valence-electron chi connectivity index (χ2n) is 9.02. The van der Waals surface area contributed by atoms with E-state index in [1.807, 2.05) is 0 Å². The van der Waals surface area contributed by atoms with Crippen LogP contribution in [0, 0.1) is 13.8 Å². The van der Waals surface area contributed by atoms with Gasteiger partial charge in [-0.15, -0.1) is 0 Å². The number of hydrogen-bond acceptors (Lipinski definition) is 3.